The maximum Gasteiger partial charge on any atom is 0.241 e. The second-order valence-corrected chi connectivity index (χ2v) is 6.77. The zero-order chi connectivity index (χ0) is 15.3. The molecule has 0 saturated heterocycles. The molecule has 114 valence electrons. The fourth-order valence-corrected chi connectivity index (χ4v) is 3.67. The first kappa shape index (κ1) is 15.9. The third-order valence-corrected chi connectivity index (χ3v) is 5.03. The lowest BCUT2D eigenvalue weighted by molar-refractivity contribution is 0.413. The first-order valence-electron chi connectivity index (χ1n) is 6.30. The lowest BCUT2D eigenvalue weighted by Crippen LogP contribution is -2.25. The zero-order valence-corrected chi connectivity index (χ0v) is 13.2. The minimum Gasteiger partial charge on any atom is -0.497 e. The molecule has 0 unspecified atom stereocenters. The van der Waals surface area contributed by atoms with E-state index in [9.17, 15) is 8.42 Å². The van der Waals surface area contributed by atoms with Gasteiger partial charge in [-0.05, 0) is 36.7 Å². The van der Waals surface area contributed by atoms with Gasteiger partial charge in [0.05, 0.1) is 29.8 Å². The molecule has 1 aromatic carbocycles. The molecule has 0 aliphatic heterocycles. The van der Waals surface area contributed by atoms with E-state index in [4.69, 9.17) is 10.5 Å². The van der Waals surface area contributed by atoms with E-state index in [0.29, 0.717) is 30.0 Å². The summed E-state index contributed by atoms with van der Waals surface area (Å²) >= 11 is 1.42. The Balaban J connectivity index is 2.25. The van der Waals surface area contributed by atoms with Gasteiger partial charge in [-0.3, -0.25) is 0 Å². The SMILES string of the molecule is COc1ccc(S(=O)(=O)NCc2cscn2)c(CCN)c1. The number of ether oxygens (including phenoxy) is 1. The van der Waals surface area contributed by atoms with Crippen LogP contribution in [0.1, 0.15) is 11.3 Å². The van der Waals surface area contributed by atoms with Crippen molar-refractivity contribution in [3.05, 3.63) is 40.3 Å². The van der Waals surface area contributed by atoms with Gasteiger partial charge in [0, 0.05) is 5.38 Å². The Morgan fingerprint density at radius 2 is 2.24 bits per heavy atom. The van der Waals surface area contributed by atoms with E-state index in [1.807, 2.05) is 0 Å². The number of hydrogen-bond donors (Lipinski definition) is 2. The number of thiazole rings is 1. The van der Waals surface area contributed by atoms with Crippen LogP contribution >= 0.6 is 11.3 Å². The average molecular weight is 327 g/mol. The second kappa shape index (κ2) is 6.99. The van der Waals surface area contributed by atoms with Gasteiger partial charge in [0.1, 0.15) is 5.75 Å². The van der Waals surface area contributed by atoms with E-state index < -0.39 is 10.0 Å². The van der Waals surface area contributed by atoms with Gasteiger partial charge in [-0.15, -0.1) is 11.3 Å². The second-order valence-electron chi connectivity index (χ2n) is 4.32. The molecule has 0 amide bonds. The van der Waals surface area contributed by atoms with Crippen molar-refractivity contribution in [2.24, 2.45) is 5.73 Å². The van der Waals surface area contributed by atoms with Crippen LogP contribution in [0.2, 0.25) is 0 Å². The number of sulfonamides is 1. The van der Waals surface area contributed by atoms with Crippen LogP contribution < -0.4 is 15.2 Å². The van der Waals surface area contributed by atoms with Crippen molar-refractivity contribution in [3.8, 4) is 5.75 Å². The predicted octanol–water partition coefficient (Wildman–Crippen LogP) is 1.13. The number of aromatic nitrogens is 1. The molecule has 0 fully saturated rings. The Morgan fingerprint density at radius 1 is 1.43 bits per heavy atom. The highest BCUT2D eigenvalue weighted by Crippen LogP contribution is 2.22. The monoisotopic (exact) mass is 327 g/mol. The highest BCUT2D eigenvalue weighted by molar-refractivity contribution is 7.89. The normalized spacial score (nSPS) is 11.5. The first-order chi connectivity index (χ1) is 10.1. The number of nitrogens with two attached hydrogens (primary N) is 1. The van der Waals surface area contributed by atoms with Crippen LogP contribution in [0.5, 0.6) is 5.75 Å². The molecule has 0 bridgehead atoms. The molecule has 1 heterocycles. The van der Waals surface area contributed by atoms with Gasteiger partial charge in [0.15, 0.2) is 0 Å². The number of rotatable bonds is 7. The summed E-state index contributed by atoms with van der Waals surface area (Å²) in [7, 11) is -2.07. The van der Waals surface area contributed by atoms with Gasteiger partial charge in [0.2, 0.25) is 10.0 Å². The molecule has 0 atom stereocenters. The highest BCUT2D eigenvalue weighted by atomic mass is 32.2. The summed E-state index contributed by atoms with van der Waals surface area (Å²) in [5.74, 6) is 0.608. The molecule has 21 heavy (non-hydrogen) atoms. The van der Waals surface area contributed by atoms with Crippen molar-refractivity contribution >= 4 is 21.4 Å². The topological polar surface area (TPSA) is 94.3 Å². The smallest absolute Gasteiger partial charge is 0.241 e. The van der Waals surface area contributed by atoms with Crippen LogP contribution in [0, 0.1) is 0 Å². The van der Waals surface area contributed by atoms with Crippen LogP contribution in [-0.2, 0) is 23.0 Å². The quantitative estimate of drug-likeness (QED) is 0.795. The van der Waals surface area contributed by atoms with E-state index in [2.05, 4.69) is 9.71 Å². The number of hydrogen-bond acceptors (Lipinski definition) is 6. The van der Waals surface area contributed by atoms with Gasteiger partial charge in [-0.1, -0.05) is 0 Å². The lowest BCUT2D eigenvalue weighted by Gasteiger charge is -2.12. The molecule has 2 rings (SSSR count). The Kier molecular flexibility index (Phi) is 5.29. The third kappa shape index (κ3) is 4.01. The molecular weight excluding hydrogens is 310 g/mol. The summed E-state index contributed by atoms with van der Waals surface area (Å²) in [4.78, 5) is 4.28. The number of nitrogens with one attached hydrogen (secondary N) is 1. The number of nitrogens with zero attached hydrogens (tertiary/aromatic N) is 1. The zero-order valence-electron chi connectivity index (χ0n) is 11.6. The molecule has 8 heteroatoms. The number of benzene rings is 1. The van der Waals surface area contributed by atoms with Crippen molar-refractivity contribution in [2.45, 2.75) is 17.9 Å². The van der Waals surface area contributed by atoms with Crippen molar-refractivity contribution < 1.29 is 13.2 Å². The van der Waals surface area contributed by atoms with Crippen LogP contribution in [0.3, 0.4) is 0 Å². The molecule has 2 aromatic rings. The fourth-order valence-electron chi connectivity index (χ4n) is 1.87. The molecule has 0 radical (unpaired) electrons. The summed E-state index contributed by atoms with van der Waals surface area (Å²) in [6.45, 7) is 0.529. The van der Waals surface area contributed by atoms with Gasteiger partial charge in [-0.25, -0.2) is 18.1 Å². The van der Waals surface area contributed by atoms with Gasteiger partial charge >= 0.3 is 0 Å². The molecule has 3 N–H and O–H groups in total. The lowest BCUT2D eigenvalue weighted by atomic mass is 10.1. The van der Waals surface area contributed by atoms with Crippen molar-refractivity contribution in [1.82, 2.24) is 9.71 Å². The van der Waals surface area contributed by atoms with E-state index in [1.54, 1.807) is 23.0 Å². The number of methoxy groups -OCH3 is 1. The standard InChI is InChI=1S/C13H17N3O3S2/c1-19-12-2-3-13(10(6-12)4-5-14)21(17,18)16-7-11-8-20-9-15-11/h2-3,6,8-9,16H,4-5,7,14H2,1H3. The van der Waals surface area contributed by atoms with E-state index in [1.165, 1.54) is 24.5 Å². The maximum absolute atomic E-state index is 12.4. The van der Waals surface area contributed by atoms with E-state index in [0.717, 1.165) is 0 Å². The van der Waals surface area contributed by atoms with Crippen molar-refractivity contribution in [2.75, 3.05) is 13.7 Å². The van der Waals surface area contributed by atoms with Gasteiger partial charge in [-0.2, -0.15) is 0 Å². The molecule has 1 aromatic heterocycles. The van der Waals surface area contributed by atoms with Crippen molar-refractivity contribution in [1.29, 1.82) is 0 Å². The van der Waals surface area contributed by atoms with E-state index in [-0.39, 0.29) is 11.4 Å². The maximum atomic E-state index is 12.4. The fraction of sp³-hybridized carbons (Fsp3) is 0.308. The van der Waals surface area contributed by atoms with E-state index >= 15 is 0 Å². The minimum absolute atomic E-state index is 0.167. The molecular formula is C13H17N3O3S2. The van der Waals surface area contributed by atoms with Crippen LogP contribution in [0.15, 0.2) is 34.0 Å². The van der Waals surface area contributed by atoms with Gasteiger partial charge in [0.25, 0.3) is 0 Å². The highest BCUT2D eigenvalue weighted by Gasteiger charge is 2.19. The largest absolute Gasteiger partial charge is 0.497 e. The molecule has 0 aliphatic carbocycles. The third-order valence-electron chi connectivity index (χ3n) is 2.90. The Labute approximate surface area is 128 Å². The average Bonchev–Trinajstić information content (AvgIpc) is 2.99. The molecule has 0 spiro atoms. The van der Waals surface area contributed by atoms with Crippen LogP contribution in [0.4, 0.5) is 0 Å². The molecule has 6 nitrogen and oxygen atoms in total. The first-order valence-corrected chi connectivity index (χ1v) is 8.73. The Bertz CT molecular complexity index is 685. The summed E-state index contributed by atoms with van der Waals surface area (Å²) in [5.41, 5.74) is 8.55. The summed E-state index contributed by atoms with van der Waals surface area (Å²) in [6, 6.07) is 4.86. The molecule has 0 saturated carbocycles. The summed E-state index contributed by atoms with van der Waals surface area (Å²) < 4.78 is 32.5. The van der Waals surface area contributed by atoms with Crippen LogP contribution in [0.25, 0.3) is 0 Å². The van der Waals surface area contributed by atoms with Crippen molar-refractivity contribution in [3.63, 3.8) is 0 Å². The Hall–Kier alpha value is -1.48. The molecule has 0 aliphatic rings. The Morgan fingerprint density at radius 3 is 2.86 bits per heavy atom. The van der Waals surface area contributed by atoms with Crippen LogP contribution in [-0.4, -0.2) is 27.1 Å². The van der Waals surface area contributed by atoms with Gasteiger partial charge < -0.3 is 10.5 Å². The predicted molar refractivity (Wildman–Crippen MR) is 81.9 cm³/mol. The minimum atomic E-state index is -3.61. The summed E-state index contributed by atoms with van der Waals surface area (Å²) in [6.07, 6.45) is 0.462. The summed E-state index contributed by atoms with van der Waals surface area (Å²) in [5, 5.41) is 1.80.